The fourth-order valence-electron chi connectivity index (χ4n) is 2.47. The first-order valence-electron chi connectivity index (χ1n) is 6.16. The van der Waals surface area contributed by atoms with Crippen LogP contribution in [0.25, 0.3) is 0 Å². The first-order valence-corrected chi connectivity index (χ1v) is 6.16. The van der Waals surface area contributed by atoms with Crippen molar-refractivity contribution in [2.75, 3.05) is 18.6 Å². The maximum absolute atomic E-state index is 10.9. The molecule has 1 aliphatic rings. The molecule has 2 atom stereocenters. The Labute approximate surface area is 112 Å². The van der Waals surface area contributed by atoms with E-state index in [0.717, 1.165) is 12.1 Å². The molecule has 1 aliphatic heterocycles. The summed E-state index contributed by atoms with van der Waals surface area (Å²) in [6.07, 6.45) is 1.01. The number of hydrogen-bond donors (Lipinski definition) is 1. The van der Waals surface area contributed by atoms with Gasteiger partial charge in [0.05, 0.1) is 29.0 Å². The Morgan fingerprint density at radius 3 is 2.84 bits per heavy atom. The minimum absolute atomic E-state index is 0.107. The predicted molar refractivity (Wildman–Crippen MR) is 70.3 cm³/mol. The zero-order valence-electron chi connectivity index (χ0n) is 11.0. The molecule has 1 aromatic rings. The smallest absolute Gasteiger partial charge is 0.335 e. The van der Waals surface area contributed by atoms with Crippen molar-refractivity contribution in [1.29, 1.82) is 5.26 Å². The van der Waals surface area contributed by atoms with Crippen LogP contribution in [0.5, 0.6) is 0 Å². The Bertz CT molecular complexity index is 536. The fourth-order valence-corrected chi connectivity index (χ4v) is 2.47. The summed E-state index contributed by atoms with van der Waals surface area (Å²) in [5.74, 6) is -1.02. The summed E-state index contributed by atoms with van der Waals surface area (Å²) in [4.78, 5) is 12.9. The van der Waals surface area contributed by atoms with Crippen LogP contribution >= 0.6 is 0 Å². The largest absolute Gasteiger partial charge is 0.478 e. The Kier molecular flexibility index (Phi) is 3.72. The Morgan fingerprint density at radius 2 is 2.32 bits per heavy atom. The summed E-state index contributed by atoms with van der Waals surface area (Å²) in [6, 6.07) is 6.90. The highest BCUT2D eigenvalue weighted by Crippen LogP contribution is 2.27. The normalized spacial score (nSPS) is 21.9. The topological polar surface area (TPSA) is 73.6 Å². The van der Waals surface area contributed by atoms with Crippen LogP contribution in [0, 0.1) is 11.3 Å². The van der Waals surface area contributed by atoms with E-state index in [4.69, 9.17) is 9.84 Å². The molecule has 0 radical (unpaired) electrons. The maximum Gasteiger partial charge on any atom is 0.335 e. The Balaban J connectivity index is 2.34. The van der Waals surface area contributed by atoms with E-state index < -0.39 is 5.97 Å². The van der Waals surface area contributed by atoms with Crippen LogP contribution in [-0.4, -0.2) is 36.9 Å². The van der Waals surface area contributed by atoms with Crippen LogP contribution in [0.2, 0.25) is 0 Å². The van der Waals surface area contributed by atoms with E-state index in [1.54, 1.807) is 6.07 Å². The number of carboxylic acid groups (broad SMARTS) is 1. The summed E-state index contributed by atoms with van der Waals surface area (Å²) < 4.78 is 5.52. The average Bonchev–Trinajstić information content (AvgIpc) is 2.83. The summed E-state index contributed by atoms with van der Waals surface area (Å²) >= 11 is 0. The van der Waals surface area contributed by atoms with Crippen molar-refractivity contribution >= 4 is 11.7 Å². The molecule has 100 valence electrons. The van der Waals surface area contributed by atoms with Gasteiger partial charge in [-0.2, -0.15) is 5.26 Å². The molecule has 0 saturated carbocycles. The third kappa shape index (κ3) is 2.54. The number of rotatable bonds is 3. The number of nitriles is 1. The number of hydrogen-bond acceptors (Lipinski definition) is 4. The zero-order chi connectivity index (χ0) is 14.0. The molecule has 1 fully saturated rings. The van der Waals surface area contributed by atoms with Crippen LogP contribution < -0.4 is 4.90 Å². The molecule has 1 saturated heterocycles. The maximum atomic E-state index is 10.9. The lowest BCUT2D eigenvalue weighted by Crippen LogP contribution is -2.37. The SMILES string of the molecule is CC1OCCC1N(C)c1ccc(C(=O)O)cc1C#N. The molecule has 1 heterocycles. The van der Waals surface area contributed by atoms with Gasteiger partial charge in [0, 0.05) is 13.7 Å². The number of ether oxygens (including phenoxy) is 1. The van der Waals surface area contributed by atoms with Gasteiger partial charge >= 0.3 is 5.97 Å². The van der Waals surface area contributed by atoms with Crippen molar-refractivity contribution < 1.29 is 14.6 Å². The summed E-state index contributed by atoms with van der Waals surface area (Å²) in [5.41, 5.74) is 1.25. The molecule has 1 N–H and O–H groups in total. The summed E-state index contributed by atoms with van der Waals surface area (Å²) in [6.45, 7) is 2.72. The van der Waals surface area contributed by atoms with Crippen molar-refractivity contribution in [2.45, 2.75) is 25.5 Å². The Morgan fingerprint density at radius 1 is 1.58 bits per heavy atom. The molecule has 0 aromatic heterocycles. The van der Waals surface area contributed by atoms with Crippen molar-refractivity contribution in [1.82, 2.24) is 0 Å². The van der Waals surface area contributed by atoms with Gasteiger partial charge in [0.2, 0.25) is 0 Å². The van der Waals surface area contributed by atoms with E-state index >= 15 is 0 Å². The number of aromatic carboxylic acids is 1. The third-order valence-electron chi connectivity index (χ3n) is 3.58. The summed E-state index contributed by atoms with van der Waals surface area (Å²) in [5, 5.41) is 18.1. The molecule has 2 rings (SSSR count). The van der Waals surface area contributed by atoms with Gasteiger partial charge in [0.1, 0.15) is 6.07 Å². The highest BCUT2D eigenvalue weighted by atomic mass is 16.5. The number of benzene rings is 1. The van der Waals surface area contributed by atoms with Gasteiger partial charge in [-0.1, -0.05) is 0 Å². The second-order valence-corrected chi connectivity index (χ2v) is 4.69. The quantitative estimate of drug-likeness (QED) is 0.898. The monoisotopic (exact) mass is 260 g/mol. The molecular weight excluding hydrogens is 244 g/mol. The van der Waals surface area contributed by atoms with E-state index in [2.05, 4.69) is 6.07 Å². The highest BCUT2D eigenvalue weighted by molar-refractivity contribution is 5.89. The van der Waals surface area contributed by atoms with Gasteiger partial charge in [-0.15, -0.1) is 0 Å². The number of anilines is 1. The van der Waals surface area contributed by atoms with Crippen molar-refractivity contribution in [3.8, 4) is 6.07 Å². The molecule has 19 heavy (non-hydrogen) atoms. The Hall–Kier alpha value is -2.06. The van der Waals surface area contributed by atoms with E-state index in [1.165, 1.54) is 12.1 Å². The van der Waals surface area contributed by atoms with Crippen LogP contribution in [0.3, 0.4) is 0 Å². The molecule has 5 heteroatoms. The molecule has 0 amide bonds. The fraction of sp³-hybridized carbons (Fsp3) is 0.429. The van der Waals surface area contributed by atoms with Gasteiger partial charge in [-0.05, 0) is 31.5 Å². The predicted octanol–water partition coefficient (Wildman–Crippen LogP) is 1.87. The van der Waals surface area contributed by atoms with Crippen molar-refractivity contribution in [3.05, 3.63) is 29.3 Å². The molecule has 2 unspecified atom stereocenters. The second-order valence-electron chi connectivity index (χ2n) is 4.69. The first-order chi connectivity index (χ1) is 9.04. The minimum atomic E-state index is -1.02. The standard InChI is InChI=1S/C14H16N2O3/c1-9-12(5-6-19-9)16(2)13-4-3-10(14(17)18)7-11(13)8-15/h3-4,7,9,12H,5-6H2,1-2H3,(H,17,18). The molecule has 5 nitrogen and oxygen atoms in total. The third-order valence-corrected chi connectivity index (χ3v) is 3.58. The number of carboxylic acids is 1. The lowest BCUT2D eigenvalue weighted by atomic mass is 10.0. The van der Waals surface area contributed by atoms with Crippen molar-refractivity contribution in [3.63, 3.8) is 0 Å². The van der Waals surface area contributed by atoms with E-state index in [0.29, 0.717) is 12.2 Å². The number of carbonyl (C=O) groups is 1. The van der Waals surface area contributed by atoms with E-state index in [9.17, 15) is 10.1 Å². The molecule has 1 aromatic carbocycles. The average molecular weight is 260 g/mol. The number of likely N-dealkylation sites (N-methyl/N-ethyl adjacent to an activating group) is 1. The van der Waals surface area contributed by atoms with E-state index in [-0.39, 0.29) is 17.7 Å². The van der Waals surface area contributed by atoms with Gasteiger partial charge in [0.25, 0.3) is 0 Å². The first kappa shape index (κ1) is 13.4. The zero-order valence-corrected chi connectivity index (χ0v) is 11.0. The molecule has 0 aliphatic carbocycles. The van der Waals surface area contributed by atoms with Crippen LogP contribution in [-0.2, 0) is 4.74 Å². The van der Waals surface area contributed by atoms with Gasteiger partial charge in [-0.3, -0.25) is 0 Å². The molecular formula is C14H16N2O3. The van der Waals surface area contributed by atoms with Crippen LogP contribution in [0.4, 0.5) is 5.69 Å². The van der Waals surface area contributed by atoms with Crippen LogP contribution in [0.15, 0.2) is 18.2 Å². The van der Waals surface area contributed by atoms with Gasteiger partial charge < -0.3 is 14.7 Å². The minimum Gasteiger partial charge on any atom is -0.478 e. The second kappa shape index (κ2) is 5.29. The molecule has 0 bridgehead atoms. The van der Waals surface area contributed by atoms with Crippen molar-refractivity contribution in [2.24, 2.45) is 0 Å². The van der Waals surface area contributed by atoms with Gasteiger partial charge in [-0.25, -0.2) is 4.79 Å². The highest BCUT2D eigenvalue weighted by Gasteiger charge is 2.29. The number of nitrogens with zero attached hydrogens (tertiary/aromatic N) is 2. The lowest BCUT2D eigenvalue weighted by Gasteiger charge is -2.29. The van der Waals surface area contributed by atoms with Crippen LogP contribution in [0.1, 0.15) is 29.3 Å². The van der Waals surface area contributed by atoms with E-state index in [1.807, 2.05) is 18.9 Å². The summed E-state index contributed by atoms with van der Waals surface area (Å²) in [7, 11) is 1.91. The lowest BCUT2D eigenvalue weighted by molar-refractivity contribution is 0.0697. The van der Waals surface area contributed by atoms with Gasteiger partial charge in [0.15, 0.2) is 0 Å². The molecule has 0 spiro atoms.